The summed E-state index contributed by atoms with van der Waals surface area (Å²) in [4.78, 5) is 0. The normalized spacial score (nSPS) is 10.5. The largest absolute Gasteiger partial charge is 4.00 e. The zero-order chi connectivity index (χ0) is 5.91. The van der Waals surface area contributed by atoms with Crippen molar-refractivity contribution in [2.75, 3.05) is 34.3 Å². The van der Waals surface area contributed by atoms with Crippen molar-refractivity contribution >= 4 is 0 Å². The van der Waals surface area contributed by atoms with E-state index in [1.54, 1.807) is 0 Å². The Bertz CT molecular complexity index is 47.0. The average Bonchev–Trinajstić information content (AvgIpc) is 1.30. The van der Waals surface area contributed by atoms with E-state index in [0.29, 0.717) is 0 Å². The fourth-order valence-corrected chi connectivity index (χ4v) is 0.300. The first-order valence-electron chi connectivity index (χ1n) is 2.47. The summed E-state index contributed by atoms with van der Waals surface area (Å²) in [5.74, 6) is 0. The summed E-state index contributed by atoms with van der Waals surface area (Å²) < 4.78 is 0.844. The van der Waals surface area contributed by atoms with E-state index in [-0.39, 0.29) is 14.0 Å². The second-order valence-electron chi connectivity index (χ2n) is 2.74. The molecule has 2 heteroatoms. The molecule has 0 saturated heterocycles. The zero-order valence-electron chi connectivity index (χ0n) is 5.81. The van der Waals surface area contributed by atoms with Gasteiger partial charge in [-0.3, -0.25) is 0 Å². The smallest absolute Gasteiger partial charge is 0.391 e. The van der Waals surface area contributed by atoms with E-state index >= 15 is 0 Å². The number of nitrogens with zero attached hydrogens (tertiary/aromatic N) is 1. The molecule has 0 aliphatic carbocycles. The van der Waals surface area contributed by atoms with Crippen LogP contribution in [0.1, 0.15) is 0 Å². The van der Waals surface area contributed by atoms with Gasteiger partial charge < -0.3 is 9.59 Å². The topological polar surface area (TPSA) is 20.2 Å². The minimum absolute atomic E-state index is 0. The minimum Gasteiger partial charge on any atom is -0.391 e. The van der Waals surface area contributed by atoms with Crippen molar-refractivity contribution in [3.8, 4) is 0 Å². The van der Waals surface area contributed by atoms with Gasteiger partial charge in [-0.2, -0.15) is 0 Å². The van der Waals surface area contributed by atoms with Gasteiger partial charge in [-0.25, -0.2) is 0 Å². The van der Waals surface area contributed by atoms with Crippen LogP contribution < -0.4 is 0 Å². The molecular weight excluding hydrogens is 102 g/mol. The summed E-state index contributed by atoms with van der Waals surface area (Å²) in [6, 6.07) is 0. The molecule has 0 atom stereocenters. The fraction of sp³-hybridized carbons (Fsp3) is 0.833. The summed E-state index contributed by atoms with van der Waals surface area (Å²) in [7, 11) is 6.16. The van der Waals surface area contributed by atoms with E-state index in [2.05, 4.69) is 21.1 Å². The number of quaternary nitrogens is 1. The third kappa shape index (κ3) is 9.33. The summed E-state index contributed by atoms with van der Waals surface area (Å²) >= 11 is 0. The van der Waals surface area contributed by atoms with Crippen molar-refractivity contribution in [2.45, 2.75) is 0 Å². The van der Waals surface area contributed by atoms with Crippen molar-refractivity contribution in [1.29, 1.82) is 0 Å². The molecule has 0 saturated carbocycles. The number of likely N-dealkylation sites (N-methyl/N-ethyl adjacent to an activating group) is 1. The van der Waals surface area contributed by atoms with Crippen LogP contribution in [-0.4, -0.2) is 43.9 Å². The number of rotatable bonds is 2. The molecule has 0 aliphatic rings. The second kappa shape index (κ2) is 3.87. The Morgan fingerprint density at radius 1 is 1.25 bits per heavy atom. The molecular formula is C6H14NO+5. The minimum atomic E-state index is 0. The fourth-order valence-electron chi connectivity index (χ4n) is 0.300. The van der Waals surface area contributed by atoms with Gasteiger partial charge in [0.05, 0.1) is 27.7 Å². The first-order chi connectivity index (χ1) is 3.06. The summed E-state index contributed by atoms with van der Waals surface area (Å²) in [5.41, 5.74) is 0. The number of hydrogen-bond donors (Lipinski definition) is 1. The van der Waals surface area contributed by atoms with Crippen LogP contribution in [0.25, 0.3) is 0 Å². The maximum Gasteiger partial charge on any atom is 4.00 e. The van der Waals surface area contributed by atoms with Crippen molar-refractivity contribution in [3.63, 3.8) is 0 Å². The molecule has 0 spiro atoms. The predicted molar refractivity (Wildman–Crippen MR) is 33.2 cm³/mol. The molecule has 0 amide bonds. The maximum absolute atomic E-state index is 8.39. The van der Waals surface area contributed by atoms with Crippen molar-refractivity contribution in [2.24, 2.45) is 0 Å². The molecule has 0 aromatic rings. The molecule has 0 unspecified atom stereocenters. The number of aliphatic hydroxyl groups is 1. The Kier molecular flexibility index (Phi) is 5.23. The monoisotopic (exact) mass is 116 g/mol. The molecule has 0 rings (SSSR count). The molecule has 2 nitrogen and oxygen atoms in total. The van der Waals surface area contributed by atoms with E-state index in [1.165, 1.54) is 0 Å². The van der Waals surface area contributed by atoms with Gasteiger partial charge in [0.15, 0.2) is 0 Å². The molecule has 0 radical (unpaired) electrons. The molecule has 0 aromatic heterocycles. The van der Waals surface area contributed by atoms with Crippen LogP contribution in [0.3, 0.4) is 0 Å². The molecule has 44 valence electrons. The molecule has 0 bridgehead atoms. The van der Waals surface area contributed by atoms with Crippen LogP contribution in [0.4, 0.5) is 0 Å². The third-order valence-corrected chi connectivity index (χ3v) is 0.771. The SMILES string of the molecule is C[N+](C)(C)CCO.[C+4]. The third-order valence-electron chi connectivity index (χ3n) is 0.771. The van der Waals surface area contributed by atoms with Crippen LogP contribution in [0.15, 0.2) is 0 Å². The Balaban J connectivity index is 0. The molecule has 0 heterocycles. The first-order valence-corrected chi connectivity index (χ1v) is 2.47. The number of aliphatic hydroxyl groups excluding tert-OH is 1. The van der Waals surface area contributed by atoms with Gasteiger partial charge in [0, 0.05) is 0 Å². The summed E-state index contributed by atoms with van der Waals surface area (Å²) in [6.07, 6.45) is 0. The quantitative estimate of drug-likeness (QED) is 0.494. The molecule has 1 N–H and O–H groups in total. The second-order valence-corrected chi connectivity index (χ2v) is 2.74. The van der Waals surface area contributed by atoms with Gasteiger partial charge >= 0.3 is 7.43 Å². The Morgan fingerprint density at radius 3 is 1.62 bits per heavy atom. The van der Waals surface area contributed by atoms with Crippen LogP contribution >= 0.6 is 0 Å². The van der Waals surface area contributed by atoms with Gasteiger partial charge in [0.2, 0.25) is 0 Å². The van der Waals surface area contributed by atoms with E-state index in [9.17, 15) is 0 Å². The molecule has 0 fully saturated rings. The standard InChI is InChI=1S/C5H14NO.C/c1-6(2,3)4-5-7;/h7H,4-5H2,1-3H3;/q+1;+4. The first kappa shape index (κ1) is 10.8. The van der Waals surface area contributed by atoms with Crippen molar-refractivity contribution in [3.05, 3.63) is 7.43 Å². The van der Waals surface area contributed by atoms with Gasteiger partial charge in [-0.1, -0.05) is 0 Å². The Labute approximate surface area is 52.3 Å². The van der Waals surface area contributed by atoms with Gasteiger partial charge in [0.1, 0.15) is 6.54 Å². The van der Waals surface area contributed by atoms with Crippen LogP contribution in [-0.2, 0) is 0 Å². The van der Waals surface area contributed by atoms with Crippen molar-refractivity contribution < 1.29 is 9.59 Å². The van der Waals surface area contributed by atoms with Crippen LogP contribution in [0.5, 0.6) is 0 Å². The van der Waals surface area contributed by atoms with E-state index in [0.717, 1.165) is 11.0 Å². The van der Waals surface area contributed by atoms with E-state index in [1.807, 2.05) is 0 Å². The predicted octanol–water partition coefficient (Wildman–Crippen LogP) is -0.234. The molecule has 8 heavy (non-hydrogen) atoms. The number of hydrogen-bond acceptors (Lipinski definition) is 1. The van der Waals surface area contributed by atoms with Gasteiger partial charge in [-0.05, 0) is 0 Å². The zero-order valence-corrected chi connectivity index (χ0v) is 5.81. The Morgan fingerprint density at radius 2 is 1.62 bits per heavy atom. The Hall–Kier alpha value is -0.0800. The van der Waals surface area contributed by atoms with E-state index in [4.69, 9.17) is 5.11 Å². The van der Waals surface area contributed by atoms with Gasteiger partial charge in [0.25, 0.3) is 0 Å². The van der Waals surface area contributed by atoms with Crippen LogP contribution in [0, 0.1) is 7.43 Å². The van der Waals surface area contributed by atoms with Crippen LogP contribution in [0.2, 0.25) is 0 Å². The van der Waals surface area contributed by atoms with E-state index < -0.39 is 0 Å². The molecule has 0 aliphatic heterocycles. The summed E-state index contributed by atoms with van der Waals surface area (Å²) in [5, 5.41) is 8.39. The summed E-state index contributed by atoms with van der Waals surface area (Å²) in [6.45, 7) is 1.11. The van der Waals surface area contributed by atoms with Crippen molar-refractivity contribution in [1.82, 2.24) is 0 Å². The maximum atomic E-state index is 8.39. The molecule has 0 aromatic carbocycles. The van der Waals surface area contributed by atoms with Gasteiger partial charge in [-0.15, -0.1) is 0 Å². The average molecular weight is 116 g/mol.